The summed E-state index contributed by atoms with van der Waals surface area (Å²) in [6.07, 6.45) is -0.687. The minimum atomic E-state index is -4.14. The monoisotopic (exact) mass is 467 g/mol. The Morgan fingerprint density at radius 3 is 2.09 bits per heavy atom. The summed E-state index contributed by atoms with van der Waals surface area (Å²) in [6.45, 7) is 4.43. The number of carbonyl (C=O) groups is 1. The molecule has 2 aliphatic rings. The lowest BCUT2D eigenvalue weighted by Gasteiger charge is -2.32. The molecule has 0 N–H and O–H groups in total. The van der Waals surface area contributed by atoms with Gasteiger partial charge >= 0.3 is 6.18 Å². The van der Waals surface area contributed by atoms with Gasteiger partial charge in [0.1, 0.15) is 17.4 Å². The molecule has 1 saturated carbocycles. The number of carbonyl (C=O) groups excluding carboxylic acids is 1. The summed E-state index contributed by atoms with van der Waals surface area (Å²) in [5, 5.41) is 0. The highest BCUT2D eigenvalue weighted by Crippen LogP contribution is 2.49. The minimum absolute atomic E-state index is 0.0493. The van der Waals surface area contributed by atoms with Crippen LogP contribution in [0.1, 0.15) is 49.9 Å². The van der Waals surface area contributed by atoms with Gasteiger partial charge in [-0.3, -0.25) is 9.69 Å². The summed E-state index contributed by atoms with van der Waals surface area (Å²) in [7, 11) is 3.25. The molecule has 1 aromatic rings. The molecule has 0 amide bonds. The molecule has 1 aromatic carbocycles. The Balaban J connectivity index is 0.000000944. The lowest BCUT2D eigenvalue weighted by atomic mass is 9.90. The third-order valence-electron chi connectivity index (χ3n) is 5.55. The predicted octanol–water partition coefficient (Wildman–Crippen LogP) is 5.75. The van der Waals surface area contributed by atoms with Gasteiger partial charge in [0.05, 0.1) is 18.7 Å². The smallest absolute Gasteiger partial charge is 0.401 e. The van der Waals surface area contributed by atoms with Gasteiger partial charge in [-0.2, -0.15) is 13.2 Å². The van der Waals surface area contributed by atoms with Crippen molar-refractivity contribution in [2.45, 2.75) is 45.7 Å². The van der Waals surface area contributed by atoms with Crippen LogP contribution in [0.5, 0.6) is 5.75 Å². The minimum Gasteiger partial charge on any atom is -0.493 e. The second-order valence-electron chi connectivity index (χ2n) is 7.85. The summed E-state index contributed by atoms with van der Waals surface area (Å²) in [6, 6.07) is 1.99. The molecule has 184 valence electrons. The van der Waals surface area contributed by atoms with E-state index in [0.717, 1.165) is 37.8 Å². The van der Waals surface area contributed by atoms with Crippen LogP contribution in [0.4, 0.5) is 22.0 Å². The van der Waals surface area contributed by atoms with Gasteiger partial charge in [0.2, 0.25) is 0 Å². The maximum absolute atomic E-state index is 13.5. The average molecular weight is 468 g/mol. The number of benzene rings is 1. The molecule has 0 aromatic heterocycles. The van der Waals surface area contributed by atoms with E-state index in [9.17, 15) is 26.7 Å². The molecule has 1 unspecified atom stereocenters. The van der Waals surface area contributed by atoms with E-state index < -0.39 is 29.9 Å². The first kappa shape index (κ1) is 28.3. The van der Waals surface area contributed by atoms with Crippen molar-refractivity contribution in [3.05, 3.63) is 29.3 Å². The van der Waals surface area contributed by atoms with Gasteiger partial charge in [-0.15, -0.1) is 0 Å². The molecular weight excluding hydrogens is 433 g/mol. The van der Waals surface area contributed by atoms with E-state index in [1.54, 1.807) is 14.2 Å². The summed E-state index contributed by atoms with van der Waals surface area (Å²) >= 11 is 0. The van der Waals surface area contributed by atoms with E-state index in [-0.39, 0.29) is 12.0 Å². The normalized spacial score (nSPS) is 21.0. The number of hydrogen-bond donors (Lipinski definition) is 0. The molecule has 4 nitrogen and oxygen atoms in total. The molecule has 3 rings (SSSR count). The molecule has 1 saturated heterocycles. The lowest BCUT2D eigenvalue weighted by molar-refractivity contribution is -0.148. The summed E-state index contributed by atoms with van der Waals surface area (Å²) < 4.78 is 74.0. The van der Waals surface area contributed by atoms with Crippen LogP contribution in [0.2, 0.25) is 0 Å². The number of nitrogens with zero attached hydrogens (tertiary/aromatic N) is 1. The molecule has 2 atom stereocenters. The zero-order chi connectivity index (χ0) is 24.3. The van der Waals surface area contributed by atoms with E-state index in [4.69, 9.17) is 4.74 Å². The molecule has 1 heterocycles. The number of ether oxygens (including phenoxy) is 2. The highest BCUT2D eigenvalue weighted by Gasteiger charge is 2.43. The maximum Gasteiger partial charge on any atom is 0.401 e. The highest BCUT2D eigenvalue weighted by molar-refractivity contribution is 5.75. The average Bonchev–Trinajstić information content (AvgIpc) is 3.49. The summed E-state index contributed by atoms with van der Waals surface area (Å²) in [5.41, 5.74) is -0.610. The number of alkyl halides is 3. The lowest BCUT2D eigenvalue weighted by Crippen LogP contribution is -2.40. The zero-order valence-electron chi connectivity index (χ0n) is 19.2. The Morgan fingerprint density at radius 2 is 1.62 bits per heavy atom. The molecule has 1 aliphatic heterocycles. The molecule has 0 spiro atoms. The fraction of sp³-hybridized carbons (Fsp3) is 0.696. The van der Waals surface area contributed by atoms with Crippen molar-refractivity contribution in [3.63, 3.8) is 0 Å². The molecule has 0 bridgehead atoms. The van der Waals surface area contributed by atoms with Gasteiger partial charge in [-0.05, 0) is 56.5 Å². The highest BCUT2D eigenvalue weighted by atomic mass is 19.4. The zero-order valence-corrected chi connectivity index (χ0v) is 19.2. The number of hydrogen-bond acceptors (Lipinski definition) is 4. The number of halogens is 5. The Bertz CT molecular complexity index is 668. The molecule has 2 fully saturated rings. The largest absolute Gasteiger partial charge is 0.493 e. The van der Waals surface area contributed by atoms with E-state index >= 15 is 0 Å². The van der Waals surface area contributed by atoms with Gasteiger partial charge in [0.15, 0.2) is 6.29 Å². The van der Waals surface area contributed by atoms with Crippen LogP contribution >= 0.6 is 0 Å². The van der Waals surface area contributed by atoms with Crippen LogP contribution in [0.15, 0.2) is 12.1 Å². The quantitative estimate of drug-likeness (QED) is 0.378. The van der Waals surface area contributed by atoms with E-state index in [1.807, 2.05) is 13.8 Å². The standard InChI is InChI=1S/C19H22F5NO2.C2H6O.C2H6/c20-17-8-14(9-18(21)16(17)10-26)27-6-3-13-7-15(13)12-1-4-25(5-2-12)11-19(22,23)24;1-3-2;1-2/h8-10,12-13,15H,1-7,11H2;1-2H3;1-2H3/t13?,15-;;/m1../s1. The third kappa shape index (κ3) is 9.40. The van der Waals surface area contributed by atoms with Crippen molar-refractivity contribution in [1.29, 1.82) is 0 Å². The van der Waals surface area contributed by atoms with Crippen LogP contribution in [0, 0.1) is 29.4 Å². The number of methoxy groups -OCH3 is 1. The van der Waals surface area contributed by atoms with Crippen LogP contribution in [0.3, 0.4) is 0 Å². The van der Waals surface area contributed by atoms with Gasteiger partial charge < -0.3 is 9.47 Å². The Labute approximate surface area is 187 Å². The van der Waals surface area contributed by atoms with E-state index in [2.05, 4.69) is 4.74 Å². The first-order valence-corrected chi connectivity index (χ1v) is 10.9. The Hall–Kier alpha value is -1.74. The molecule has 32 heavy (non-hydrogen) atoms. The van der Waals surface area contributed by atoms with Crippen molar-refractivity contribution in [3.8, 4) is 5.75 Å². The fourth-order valence-electron chi connectivity index (χ4n) is 4.06. The van der Waals surface area contributed by atoms with Crippen molar-refractivity contribution in [2.75, 3.05) is 40.5 Å². The number of rotatable bonds is 7. The summed E-state index contributed by atoms with van der Waals surface area (Å²) in [5.74, 6) is -0.444. The number of aldehydes is 1. The number of likely N-dealkylation sites (tertiary alicyclic amines) is 1. The Morgan fingerprint density at radius 1 is 1.09 bits per heavy atom. The maximum atomic E-state index is 13.5. The first-order valence-electron chi connectivity index (χ1n) is 10.9. The SMILES string of the molecule is CC.COC.O=Cc1c(F)cc(OCCC2C[C@@H]2C2CCN(CC(F)(F)F)CC2)cc1F. The van der Waals surface area contributed by atoms with Gasteiger partial charge in [0.25, 0.3) is 0 Å². The topological polar surface area (TPSA) is 38.8 Å². The second-order valence-corrected chi connectivity index (χ2v) is 7.85. The van der Waals surface area contributed by atoms with E-state index in [1.165, 1.54) is 4.90 Å². The van der Waals surface area contributed by atoms with Crippen LogP contribution in [-0.4, -0.2) is 57.8 Å². The van der Waals surface area contributed by atoms with Crippen LogP contribution in [-0.2, 0) is 4.74 Å². The first-order chi connectivity index (χ1) is 15.2. The van der Waals surface area contributed by atoms with Gasteiger partial charge in [0, 0.05) is 26.4 Å². The van der Waals surface area contributed by atoms with Crippen LogP contribution in [0.25, 0.3) is 0 Å². The van der Waals surface area contributed by atoms with Crippen molar-refractivity contribution in [2.24, 2.45) is 17.8 Å². The van der Waals surface area contributed by atoms with Crippen LogP contribution < -0.4 is 4.74 Å². The molecule has 9 heteroatoms. The van der Waals surface area contributed by atoms with Crippen molar-refractivity contribution in [1.82, 2.24) is 4.90 Å². The summed E-state index contributed by atoms with van der Waals surface area (Å²) in [4.78, 5) is 12.0. The predicted molar refractivity (Wildman–Crippen MR) is 113 cm³/mol. The van der Waals surface area contributed by atoms with Gasteiger partial charge in [-0.25, -0.2) is 8.78 Å². The van der Waals surface area contributed by atoms with E-state index in [0.29, 0.717) is 37.5 Å². The molecular formula is C23H34F5NO3. The fourth-order valence-corrected chi connectivity index (χ4v) is 4.06. The Kier molecular flexibility index (Phi) is 12.1. The molecule has 0 radical (unpaired) electrons. The van der Waals surface area contributed by atoms with Crippen molar-refractivity contribution < 1.29 is 36.2 Å². The van der Waals surface area contributed by atoms with Gasteiger partial charge in [-0.1, -0.05) is 13.8 Å². The molecule has 1 aliphatic carbocycles. The third-order valence-corrected chi connectivity index (χ3v) is 5.55. The van der Waals surface area contributed by atoms with Crippen molar-refractivity contribution >= 4 is 6.29 Å². The second kappa shape index (κ2) is 13.7. The number of piperidine rings is 1.